The van der Waals surface area contributed by atoms with Crippen LogP contribution >= 0.6 is 0 Å². The van der Waals surface area contributed by atoms with E-state index in [4.69, 9.17) is 9.47 Å². The minimum Gasteiger partial charge on any atom is -0.494 e. The van der Waals surface area contributed by atoms with Crippen molar-refractivity contribution in [3.8, 4) is 11.6 Å². The van der Waals surface area contributed by atoms with Crippen molar-refractivity contribution in [1.29, 1.82) is 0 Å². The van der Waals surface area contributed by atoms with Gasteiger partial charge < -0.3 is 14.8 Å². The van der Waals surface area contributed by atoms with Gasteiger partial charge in [0.05, 0.1) is 13.2 Å². The number of anilines is 1. The van der Waals surface area contributed by atoms with Crippen molar-refractivity contribution in [3.05, 3.63) is 42.1 Å². The highest BCUT2D eigenvalue weighted by atomic mass is 16.5. The van der Waals surface area contributed by atoms with Gasteiger partial charge in [-0.15, -0.1) is 0 Å². The summed E-state index contributed by atoms with van der Waals surface area (Å²) in [5, 5.41) is 3.19. The van der Waals surface area contributed by atoms with E-state index in [0.29, 0.717) is 25.0 Å². The molecule has 0 aliphatic rings. The van der Waals surface area contributed by atoms with E-state index in [0.717, 1.165) is 24.4 Å². The lowest BCUT2D eigenvalue weighted by Gasteiger charge is -2.09. The van der Waals surface area contributed by atoms with Crippen molar-refractivity contribution in [2.45, 2.75) is 20.3 Å². The average Bonchev–Trinajstić information content (AvgIpc) is 2.48. The standard InChI is InChI=1S/C16H21N3O2/c1-3-20-15-12-13(2)18-16(19-15)17-10-7-11-21-14-8-5-4-6-9-14/h4-6,8-9,12H,3,7,10-11H2,1-2H3,(H,17,18,19). The van der Waals surface area contributed by atoms with Crippen LogP contribution in [0.15, 0.2) is 36.4 Å². The summed E-state index contributed by atoms with van der Waals surface area (Å²) in [4.78, 5) is 8.62. The quantitative estimate of drug-likeness (QED) is 0.756. The average molecular weight is 287 g/mol. The zero-order chi connectivity index (χ0) is 14.9. The van der Waals surface area contributed by atoms with Gasteiger partial charge in [-0.25, -0.2) is 4.98 Å². The van der Waals surface area contributed by atoms with Crippen LogP contribution in [0, 0.1) is 6.92 Å². The van der Waals surface area contributed by atoms with E-state index in [-0.39, 0.29) is 0 Å². The molecule has 112 valence electrons. The highest BCUT2D eigenvalue weighted by molar-refractivity contribution is 5.30. The molecule has 1 N–H and O–H groups in total. The van der Waals surface area contributed by atoms with E-state index in [1.165, 1.54) is 0 Å². The third-order valence-electron chi connectivity index (χ3n) is 2.74. The summed E-state index contributed by atoms with van der Waals surface area (Å²) < 4.78 is 11.0. The Bertz CT molecular complexity index is 546. The maximum atomic E-state index is 5.62. The number of aryl methyl sites for hydroxylation is 1. The minimum absolute atomic E-state index is 0.596. The molecule has 21 heavy (non-hydrogen) atoms. The lowest BCUT2D eigenvalue weighted by atomic mass is 10.3. The molecule has 0 atom stereocenters. The van der Waals surface area contributed by atoms with Gasteiger partial charge in [-0.1, -0.05) is 18.2 Å². The first kappa shape index (κ1) is 15.1. The van der Waals surface area contributed by atoms with Crippen LogP contribution in [-0.4, -0.2) is 29.7 Å². The van der Waals surface area contributed by atoms with Gasteiger partial charge in [0, 0.05) is 18.3 Å². The van der Waals surface area contributed by atoms with E-state index in [9.17, 15) is 0 Å². The number of hydrogen-bond acceptors (Lipinski definition) is 5. The van der Waals surface area contributed by atoms with Crippen molar-refractivity contribution in [2.75, 3.05) is 25.1 Å². The van der Waals surface area contributed by atoms with Gasteiger partial charge in [-0.05, 0) is 32.4 Å². The summed E-state index contributed by atoms with van der Waals surface area (Å²) in [6.45, 7) is 5.86. The summed E-state index contributed by atoms with van der Waals surface area (Å²) in [6.07, 6.45) is 0.871. The highest BCUT2D eigenvalue weighted by Crippen LogP contribution is 2.12. The van der Waals surface area contributed by atoms with Crippen LogP contribution in [0.25, 0.3) is 0 Å². The largest absolute Gasteiger partial charge is 0.494 e. The molecule has 0 saturated heterocycles. The molecule has 0 saturated carbocycles. The summed E-state index contributed by atoms with van der Waals surface area (Å²) in [5.74, 6) is 2.09. The molecular weight excluding hydrogens is 266 g/mol. The molecule has 1 aromatic heterocycles. The van der Waals surface area contributed by atoms with E-state index in [1.54, 1.807) is 0 Å². The lowest BCUT2D eigenvalue weighted by Crippen LogP contribution is -2.10. The monoisotopic (exact) mass is 287 g/mol. The van der Waals surface area contributed by atoms with Gasteiger partial charge in [0.25, 0.3) is 0 Å². The molecule has 0 fully saturated rings. The Morgan fingerprint density at radius 3 is 2.67 bits per heavy atom. The number of rotatable bonds is 8. The molecule has 0 bridgehead atoms. The van der Waals surface area contributed by atoms with Crippen molar-refractivity contribution >= 4 is 5.95 Å². The third kappa shape index (κ3) is 5.30. The summed E-state index contributed by atoms with van der Waals surface area (Å²) in [5.41, 5.74) is 0.886. The number of ether oxygens (including phenoxy) is 2. The summed E-state index contributed by atoms with van der Waals surface area (Å²) in [7, 11) is 0. The topological polar surface area (TPSA) is 56.3 Å². The molecule has 5 nitrogen and oxygen atoms in total. The van der Waals surface area contributed by atoms with Gasteiger partial charge in [0.1, 0.15) is 5.75 Å². The normalized spacial score (nSPS) is 10.2. The minimum atomic E-state index is 0.596. The van der Waals surface area contributed by atoms with Gasteiger partial charge in [0.2, 0.25) is 11.8 Å². The smallest absolute Gasteiger partial charge is 0.226 e. The van der Waals surface area contributed by atoms with Crippen LogP contribution in [0.1, 0.15) is 19.0 Å². The molecule has 1 aromatic carbocycles. The van der Waals surface area contributed by atoms with Gasteiger partial charge in [-0.2, -0.15) is 4.98 Å². The van der Waals surface area contributed by atoms with E-state index < -0.39 is 0 Å². The van der Waals surface area contributed by atoms with Crippen LogP contribution in [0.4, 0.5) is 5.95 Å². The first-order chi connectivity index (χ1) is 10.3. The second-order valence-corrected chi connectivity index (χ2v) is 4.55. The fourth-order valence-corrected chi connectivity index (χ4v) is 1.82. The van der Waals surface area contributed by atoms with E-state index in [1.807, 2.05) is 50.2 Å². The van der Waals surface area contributed by atoms with E-state index in [2.05, 4.69) is 15.3 Å². The van der Waals surface area contributed by atoms with Crippen LogP contribution in [-0.2, 0) is 0 Å². The fraction of sp³-hybridized carbons (Fsp3) is 0.375. The van der Waals surface area contributed by atoms with E-state index >= 15 is 0 Å². The number of nitrogens with one attached hydrogen (secondary N) is 1. The predicted molar refractivity (Wildman–Crippen MR) is 83.0 cm³/mol. The molecule has 1 heterocycles. The van der Waals surface area contributed by atoms with Crippen LogP contribution in [0.5, 0.6) is 11.6 Å². The lowest BCUT2D eigenvalue weighted by molar-refractivity contribution is 0.314. The fourth-order valence-electron chi connectivity index (χ4n) is 1.82. The Morgan fingerprint density at radius 2 is 1.90 bits per heavy atom. The van der Waals surface area contributed by atoms with Crippen molar-refractivity contribution < 1.29 is 9.47 Å². The maximum absolute atomic E-state index is 5.62. The van der Waals surface area contributed by atoms with Crippen LogP contribution < -0.4 is 14.8 Å². The third-order valence-corrected chi connectivity index (χ3v) is 2.74. The number of benzene rings is 1. The molecule has 0 spiro atoms. The van der Waals surface area contributed by atoms with Gasteiger partial charge in [-0.3, -0.25) is 0 Å². The Morgan fingerprint density at radius 1 is 1.10 bits per heavy atom. The molecular formula is C16H21N3O2. The number of para-hydroxylation sites is 1. The van der Waals surface area contributed by atoms with Crippen molar-refractivity contribution in [3.63, 3.8) is 0 Å². The molecule has 0 aliphatic heterocycles. The SMILES string of the molecule is CCOc1cc(C)nc(NCCCOc2ccccc2)n1. The Balaban J connectivity index is 1.73. The van der Waals surface area contributed by atoms with Crippen molar-refractivity contribution in [2.24, 2.45) is 0 Å². The maximum Gasteiger partial charge on any atom is 0.226 e. The van der Waals surface area contributed by atoms with Gasteiger partial charge >= 0.3 is 0 Å². The van der Waals surface area contributed by atoms with Crippen molar-refractivity contribution in [1.82, 2.24) is 9.97 Å². The highest BCUT2D eigenvalue weighted by Gasteiger charge is 2.02. The molecule has 0 aliphatic carbocycles. The Kier molecular flexibility index (Phi) is 5.82. The Labute approximate surface area is 125 Å². The molecule has 0 radical (unpaired) electrons. The first-order valence-corrected chi connectivity index (χ1v) is 7.18. The second-order valence-electron chi connectivity index (χ2n) is 4.55. The summed E-state index contributed by atoms with van der Waals surface area (Å²) >= 11 is 0. The first-order valence-electron chi connectivity index (χ1n) is 7.18. The van der Waals surface area contributed by atoms with Gasteiger partial charge in [0.15, 0.2) is 0 Å². The molecule has 0 unspecified atom stereocenters. The predicted octanol–water partition coefficient (Wildman–Crippen LogP) is 3.06. The molecule has 2 aromatic rings. The Hall–Kier alpha value is -2.30. The zero-order valence-electron chi connectivity index (χ0n) is 12.5. The molecule has 2 rings (SSSR count). The zero-order valence-corrected chi connectivity index (χ0v) is 12.5. The number of aromatic nitrogens is 2. The number of nitrogens with zero attached hydrogens (tertiary/aromatic N) is 2. The van der Waals surface area contributed by atoms with Crippen LogP contribution in [0.3, 0.4) is 0 Å². The summed E-state index contributed by atoms with van der Waals surface area (Å²) in [6, 6.07) is 11.6. The second kappa shape index (κ2) is 8.09. The van der Waals surface area contributed by atoms with Crippen LogP contribution in [0.2, 0.25) is 0 Å². The molecule has 5 heteroatoms. The number of hydrogen-bond donors (Lipinski definition) is 1. The molecule has 0 amide bonds.